The number of aliphatic imine (C=N–C) groups is 1. The van der Waals surface area contributed by atoms with E-state index >= 15 is 0 Å². The number of hydrogen-bond donors (Lipinski definition) is 2. The first-order chi connectivity index (χ1) is 8.46. The highest BCUT2D eigenvalue weighted by Crippen LogP contribution is 2.35. The number of phenols is 1. The lowest BCUT2D eigenvalue weighted by molar-refractivity contribution is -0.141. The minimum absolute atomic E-state index is 0.0373. The van der Waals surface area contributed by atoms with Gasteiger partial charge in [0, 0.05) is 17.4 Å². The lowest BCUT2D eigenvalue weighted by Gasteiger charge is -2.11. The highest BCUT2D eigenvalue weighted by molar-refractivity contribution is 8.14. The van der Waals surface area contributed by atoms with Crippen LogP contribution in [0.3, 0.4) is 0 Å². The maximum atomic E-state index is 11.1. The van der Waals surface area contributed by atoms with E-state index < -0.39 is 11.5 Å². The molecule has 0 fully saturated rings. The summed E-state index contributed by atoms with van der Waals surface area (Å²) < 4.78 is 4.99. The van der Waals surface area contributed by atoms with Gasteiger partial charge in [-0.2, -0.15) is 0 Å². The van der Waals surface area contributed by atoms with Gasteiger partial charge in [-0.05, 0) is 19.1 Å². The van der Waals surface area contributed by atoms with E-state index in [1.54, 1.807) is 19.1 Å². The Bertz CT molecular complexity index is 529. The number of hydrogen-bond acceptors (Lipinski definition) is 5. The predicted molar refractivity (Wildman–Crippen MR) is 69.7 cm³/mol. The van der Waals surface area contributed by atoms with Gasteiger partial charge in [0.2, 0.25) is 0 Å². The fourth-order valence-electron chi connectivity index (χ4n) is 1.56. The molecule has 0 saturated carbocycles. The minimum Gasteiger partial charge on any atom is -0.507 e. The van der Waals surface area contributed by atoms with Gasteiger partial charge < -0.3 is 14.9 Å². The van der Waals surface area contributed by atoms with Crippen LogP contribution in [0.25, 0.3) is 0 Å². The molecule has 1 aliphatic rings. The van der Waals surface area contributed by atoms with E-state index in [4.69, 9.17) is 9.84 Å². The number of phenolic OH excluding ortho intramolecular Hbond substituents is 1. The minimum atomic E-state index is -1.12. The van der Waals surface area contributed by atoms with Gasteiger partial charge in [0.1, 0.15) is 16.5 Å². The number of methoxy groups -OCH3 is 1. The van der Waals surface area contributed by atoms with Crippen molar-refractivity contribution in [3.63, 3.8) is 0 Å². The predicted octanol–water partition coefficient (Wildman–Crippen LogP) is 1.74. The quantitative estimate of drug-likeness (QED) is 0.872. The summed E-state index contributed by atoms with van der Waals surface area (Å²) in [6.45, 7) is 1.57. The molecule has 0 radical (unpaired) electrons. The third-order valence-corrected chi connectivity index (χ3v) is 4.03. The van der Waals surface area contributed by atoms with Crippen LogP contribution in [-0.4, -0.2) is 39.6 Å². The Kier molecular flexibility index (Phi) is 3.21. The Hall–Kier alpha value is -1.69. The first-order valence-corrected chi connectivity index (χ1v) is 6.28. The monoisotopic (exact) mass is 267 g/mol. The lowest BCUT2D eigenvalue weighted by Crippen LogP contribution is -2.33. The van der Waals surface area contributed by atoms with Crippen LogP contribution in [0.2, 0.25) is 0 Å². The van der Waals surface area contributed by atoms with Crippen molar-refractivity contribution in [3.8, 4) is 11.5 Å². The number of nitrogens with zero attached hydrogens (tertiary/aromatic N) is 1. The molecule has 1 unspecified atom stereocenters. The maximum Gasteiger partial charge on any atom is 0.332 e. The van der Waals surface area contributed by atoms with Gasteiger partial charge in [-0.15, -0.1) is 11.8 Å². The summed E-state index contributed by atoms with van der Waals surface area (Å²) in [7, 11) is 1.51. The molecule has 2 N–H and O–H groups in total. The largest absolute Gasteiger partial charge is 0.507 e. The van der Waals surface area contributed by atoms with Crippen LogP contribution in [0.1, 0.15) is 12.5 Å². The second-order valence-electron chi connectivity index (χ2n) is 4.17. The van der Waals surface area contributed by atoms with Crippen molar-refractivity contribution in [2.24, 2.45) is 4.99 Å². The summed E-state index contributed by atoms with van der Waals surface area (Å²) in [6, 6.07) is 4.86. The number of carbonyl (C=O) groups is 1. The molecule has 2 rings (SSSR count). The molecule has 18 heavy (non-hydrogen) atoms. The fraction of sp³-hybridized carbons (Fsp3) is 0.333. The zero-order chi connectivity index (χ0) is 13.3. The second kappa shape index (κ2) is 4.53. The van der Waals surface area contributed by atoms with E-state index in [0.29, 0.717) is 22.1 Å². The van der Waals surface area contributed by atoms with E-state index in [9.17, 15) is 9.90 Å². The molecule has 1 aromatic rings. The van der Waals surface area contributed by atoms with E-state index in [-0.39, 0.29) is 5.75 Å². The average molecular weight is 267 g/mol. The lowest BCUT2D eigenvalue weighted by atomic mass is 10.1. The zero-order valence-corrected chi connectivity index (χ0v) is 10.8. The summed E-state index contributed by atoms with van der Waals surface area (Å²) in [5, 5.41) is 19.5. The summed E-state index contributed by atoms with van der Waals surface area (Å²) in [5.41, 5.74) is -0.586. The number of ether oxygens (including phenoxy) is 1. The zero-order valence-electron chi connectivity index (χ0n) is 10.0. The van der Waals surface area contributed by atoms with E-state index in [0.717, 1.165) is 0 Å². The van der Waals surface area contributed by atoms with Crippen LogP contribution in [0.5, 0.6) is 11.5 Å². The SMILES string of the molecule is COc1ccc(C2=NC(C)(C(=O)O)CS2)c(O)c1. The molecule has 1 aromatic carbocycles. The topological polar surface area (TPSA) is 79.1 Å². The van der Waals surface area contributed by atoms with Crippen LogP contribution in [0.4, 0.5) is 0 Å². The third kappa shape index (κ3) is 2.15. The first kappa shape index (κ1) is 12.8. The third-order valence-electron chi connectivity index (χ3n) is 2.73. The Balaban J connectivity index is 2.37. The van der Waals surface area contributed by atoms with Gasteiger partial charge in [-0.1, -0.05) is 0 Å². The summed E-state index contributed by atoms with van der Waals surface area (Å²) >= 11 is 1.33. The molecule has 1 heterocycles. The number of rotatable bonds is 3. The molecule has 1 atom stereocenters. The number of benzene rings is 1. The van der Waals surface area contributed by atoms with Crippen LogP contribution >= 0.6 is 11.8 Å². The second-order valence-corrected chi connectivity index (χ2v) is 5.13. The summed E-state index contributed by atoms with van der Waals surface area (Å²) in [5.74, 6) is -0.0163. The number of carboxylic acid groups (broad SMARTS) is 1. The fourth-order valence-corrected chi connectivity index (χ4v) is 2.76. The van der Waals surface area contributed by atoms with Crippen LogP contribution in [0.15, 0.2) is 23.2 Å². The number of carboxylic acids is 1. The molecule has 0 bridgehead atoms. The van der Waals surface area contributed by atoms with Crippen molar-refractivity contribution in [2.75, 3.05) is 12.9 Å². The molecule has 0 saturated heterocycles. The van der Waals surface area contributed by atoms with Crippen LogP contribution in [-0.2, 0) is 4.79 Å². The van der Waals surface area contributed by atoms with Crippen molar-refractivity contribution < 1.29 is 19.7 Å². The van der Waals surface area contributed by atoms with Crippen molar-refractivity contribution in [2.45, 2.75) is 12.5 Å². The van der Waals surface area contributed by atoms with Crippen molar-refractivity contribution in [1.29, 1.82) is 0 Å². The summed E-state index contributed by atoms with van der Waals surface area (Å²) in [4.78, 5) is 15.3. The van der Waals surface area contributed by atoms with Crippen molar-refractivity contribution in [1.82, 2.24) is 0 Å². The Morgan fingerprint density at radius 3 is 2.78 bits per heavy atom. The van der Waals surface area contributed by atoms with Gasteiger partial charge in [0.05, 0.1) is 7.11 Å². The Morgan fingerprint density at radius 2 is 2.28 bits per heavy atom. The van der Waals surface area contributed by atoms with Crippen LogP contribution in [0, 0.1) is 0 Å². The Morgan fingerprint density at radius 1 is 1.56 bits per heavy atom. The van der Waals surface area contributed by atoms with Gasteiger partial charge >= 0.3 is 5.97 Å². The number of aliphatic carboxylic acids is 1. The molecule has 5 nitrogen and oxygen atoms in total. The molecule has 0 aromatic heterocycles. The van der Waals surface area contributed by atoms with Crippen molar-refractivity contribution in [3.05, 3.63) is 23.8 Å². The van der Waals surface area contributed by atoms with Gasteiger partial charge in [-0.25, -0.2) is 4.79 Å². The number of aromatic hydroxyl groups is 1. The van der Waals surface area contributed by atoms with E-state index in [1.165, 1.54) is 24.9 Å². The molecule has 0 spiro atoms. The molecule has 1 aliphatic heterocycles. The molecule has 0 aliphatic carbocycles. The molecule has 6 heteroatoms. The maximum absolute atomic E-state index is 11.1. The highest BCUT2D eigenvalue weighted by atomic mass is 32.2. The average Bonchev–Trinajstić information content (AvgIpc) is 2.73. The summed E-state index contributed by atoms with van der Waals surface area (Å²) in [6.07, 6.45) is 0. The first-order valence-electron chi connectivity index (χ1n) is 5.30. The normalized spacial score (nSPS) is 22.7. The number of thioether (sulfide) groups is 1. The molecular formula is C12H13NO4S. The standard InChI is InChI=1S/C12H13NO4S/c1-12(11(15)16)6-18-10(13-12)8-4-3-7(17-2)5-9(8)14/h3-5,14H,6H2,1-2H3,(H,15,16). The van der Waals surface area contributed by atoms with Gasteiger partial charge in [-0.3, -0.25) is 4.99 Å². The van der Waals surface area contributed by atoms with Crippen molar-refractivity contribution >= 4 is 22.8 Å². The molecular weight excluding hydrogens is 254 g/mol. The van der Waals surface area contributed by atoms with Gasteiger partial charge in [0.25, 0.3) is 0 Å². The van der Waals surface area contributed by atoms with E-state index in [2.05, 4.69) is 4.99 Å². The van der Waals surface area contributed by atoms with Crippen LogP contribution < -0.4 is 4.74 Å². The van der Waals surface area contributed by atoms with E-state index in [1.807, 2.05) is 0 Å². The highest BCUT2D eigenvalue weighted by Gasteiger charge is 2.38. The molecule has 0 amide bonds. The van der Waals surface area contributed by atoms with Gasteiger partial charge in [0.15, 0.2) is 5.54 Å². The Labute approximate surface area is 108 Å². The molecule has 96 valence electrons. The smallest absolute Gasteiger partial charge is 0.332 e.